The molecule has 1 fully saturated rings. The first kappa shape index (κ1) is 19.3. The van der Waals surface area contributed by atoms with Crippen LogP contribution in [0.3, 0.4) is 0 Å². The summed E-state index contributed by atoms with van der Waals surface area (Å²) in [5.74, 6) is -0.166. The zero-order valence-electron chi connectivity index (χ0n) is 15.2. The highest BCUT2D eigenvalue weighted by molar-refractivity contribution is 5.76. The minimum Gasteiger partial charge on any atom is -0.508 e. The van der Waals surface area contributed by atoms with Crippen molar-refractivity contribution >= 4 is 5.91 Å². The van der Waals surface area contributed by atoms with Crippen molar-refractivity contribution in [1.82, 2.24) is 10.2 Å². The lowest BCUT2D eigenvalue weighted by Crippen LogP contribution is -2.43. The Morgan fingerprint density at radius 3 is 2.70 bits per heavy atom. The number of nitrogens with one attached hydrogen (secondary N) is 1. The molecule has 1 saturated heterocycles. The second-order valence-corrected chi connectivity index (χ2v) is 6.65. The molecule has 0 saturated carbocycles. The average Bonchev–Trinajstić information content (AvgIpc) is 2.68. The molecule has 1 aliphatic heterocycles. The van der Waals surface area contributed by atoms with Crippen LogP contribution in [0, 0.1) is 5.82 Å². The molecule has 0 aliphatic carbocycles. The molecule has 2 aromatic rings. The van der Waals surface area contributed by atoms with Gasteiger partial charge in [0, 0.05) is 26.1 Å². The second-order valence-electron chi connectivity index (χ2n) is 6.65. The Labute approximate surface area is 158 Å². The zero-order chi connectivity index (χ0) is 19.1. The molecular formula is C21H25FN2O3. The molecule has 5 nitrogen and oxygen atoms in total. The third kappa shape index (κ3) is 5.52. The summed E-state index contributed by atoms with van der Waals surface area (Å²) in [6.45, 7) is 3.16. The predicted molar refractivity (Wildman–Crippen MR) is 101 cm³/mol. The number of nitrogens with zero attached hydrogens (tertiary/aromatic N) is 1. The molecular weight excluding hydrogens is 347 g/mol. The maximum Gasteiger partial charge on any atom is 0.220 e. The van der Waals surface area contributed by atoms with Crippen molar-refractivity contribution in [3.8, 4) is 5.75 Å². The van der Waals surface area contributed by atoms with E-state index in [1.807, 2.05) is 18.2 Å². The largest absolute Gasteiger partial charge is 0.508 e. The number of aryl methyl sites for hydroxylation is 1. The molecule has 0 bridgehead atoms. The van der Waals surface area contributed by atoms with Gasteiger partial charge in [0.1, 0.15) is 11.6 Å². The summed E-state index contributed by atoms with van der Waals surface area (Å²) in [5, 5.41) is 12.8. The maximum absolute atomic E-state index is 13.7. The number of phenols is 1. The van der Waals surface area contributed by atoms with Crippen LogP contribution < -0.4 is 5.32 Å². The molecule has 1 amide bonds. The SMILES string of the molecule is O=C(CCc1ccccc1O)NCC(c1cccc(F)c1)N1CCOCC1. The molecule has 1 atom stereocenters. The van der Waals surface area contributed by atoms with E-state index in [0.717, 1.165) is 24.2 Å². The van der Waals surface area contributed by atoms with Gasteiger partial charge in [-0.25, -0.2) is 4.39 Å². The molecule has 2 aromatic carbocycles. The number of phenolic OH excluding ortho intramolecular Hbond substituents is 1. The number of benzene rings is 2. The normalized spacial score (nSPS) is 16.0. The van der Waals surface area contributed by atoms with Crippen molar-refractivity contribution in [3.63, 3.8) is 0 Å². The lowest BCUT2D eigenvalue weighted by atomic mass is 10.0. The van der Waals surface area contributed by atoms with Gasteiger partial charge in [-0.1, -0.05) is 30.3 Å². The van der Waals surface area contributed by atoms with Crippen molar-refractivity contribution < 1.29 is 19.0 Å². The highest BCUT2D eigenvalue weighted by Gasteiger charge is 2.23. The fourth-order valence-corrected chi connectivity index (χ4v) is 3.33. The van der Waals surface area contributed by atoms with E-state index in [1.54, 1.807) is 18.2 Å². The van der Waals surface area contributed by atoms with Gasteiger partial charge < -0.3 is 15.2 Å². The van der Waals surface area contributed by atoms with Gasteiger partial charge in [0.15, 0.2) is 0 Å². The third-order valence-electron chi connectivity index (χ3n) is 4.83. The van der Waals surface area contributed by atoms with Crippen molar-refractivity contribution in [2.24, 2.45) is 0 Å². The first-order chi connectivity index (χ1) is 13.1. The van der Waals surface area contributed by atoms with E-state index in [1.165, 1.54) is 12.1 Å². The summed E-state index contributed by atoms with van der Waals surface area (Å²) in [5.41, 5.74) is 1.60. The summed E-state index contributed by atoms with van der Waals surface area (Å²) in [4.78, 5) is 14.5. The minimum absolute atomic E-state index is 0.0899. The topological polar surface area (TPSA) is 61.8 Å². The first-order valence-electron chi connectivity index (χ1n) is 9.24. The molecule has 0 spiro atoms. The van der Waals surface area contributed by atoms with E-state index in [9.17, 15) is 14.3 Å². The third-order valence-corrected chi connectivity index (χ3v) is 4.83. The quantitative estimate of drug-likeness (QED) is 0.784. The molecule has 1 unspecified atom stereocenters. The van der Waals surface area contributed by atoms with Crippen molar-refractivity contribution in [2.75, 3.05) is 32.8 Å². The van der Waals surface area contributed by atoms with Crippen molar-refractivity contribution in [3.05, 3.63) is 65.5 Å². The Morgan fingerprint density at radius 2 is 1.96 bits per heavy atom. The molecule has 0 radical (unpaired) electrons. The molecule has 0 aromatic heterocycles. The summed E-state index contributed by atoms with van der Waals surface area (Å²) >= 11 is 0. The number of hydrogen-bond donors (Lipinski definition) is 2. The van der Waals surface area contributed by atoms with Crippen LogP contribution in [0.15, 0.2) is 48.5 Å². The van der Waals surface area contributed by atoms with Crippen LogP contribution in [0.4, 0.5) is 4.39 Å². The fraction of sp³-hybridized carbons (Fsp3) is 0.381. The van der Waals surface area contributed by atoms with Crippen LogP contribution in [-0.2, 0) is 16.0 Å². The standard InChI is InChI=1S/C21H25FN2O3/c22-18-6-3-5-17(14-18)19(24-10-12-27-13-11-24)15-23-21(26)9-8-16-4-1-2-7-20(16)25/h1-7,14,19,25H,8-13,15H2,(H,23,26). The van der Waals surface area contributed by atoms with Crippen LogP contribution in [0.25, 0.3) is 0 Å². The number of morpholine rings is 1. The molecule has 3 rings (SSSR count). The summed E-state index contributed by atoms with van der Waals surface area (Å²) in [6, 6.07) is 13.4. The number of ether oxygens (including phenoxy) is 1. The van der Waals surface area contributed by atoms with Crippen LogP contribution in [0.2, 0.25) is 0 Å². The van der Waals surface area contributed by atoms with Crippen LogP contribution in [0.5, 0.6) is 5.75 Å². The van der Waals surface area contributed by atoms with Gasteiger partial charge in [0.2, 0.25) is 5.91 Å². The van der Waals surface area contributed by atoms with Gasteiger partial charge >= 0.3 is 0 Å². The highest BCUT2D eigenvalue weighted by atomic mass is 19.1. The van der Waals surface area contributed by atoms with Gasteiger partial charge in [0.05, 0.1) is 19.3 Å². The minimum atomic E-state index is -0.281. The van der Waals surface area contributed by atoms with E-state index < -0.39 is 0 Å². The smallest absolute Gasteiger partial charge is 0.220 e. The molecule has 6 heteroatoms. The Balaban J connectivity index is 1.60. The molecule has 27 heavy (non-hydrogen) atoms. The second kappa shape index (κ2) is 9.48. The Kier molecular flexibility index (Phi) is 6.79. The fourth-order valence-electron chi connectivity index (χ4n) is 3.33. The van der Waals surface area contributed by atoms with Crippen molar-refractivity contribution in [1.29, 1.82) is 0 Å². The van der Waals surface area contributed by atoms with E-state index in [4.69, 9.17) is 4.74 Å². The summed E-state index contributed by atoms with van der Waals surface area (Å²) < 4.78 is 19.1. The highest BCUT2D eigenvalue weighted by Crippen LogP contribution is 2.22. The van der Waals surface area contributed by atoms with Crippen molar-refractivity contribution in [2.45, 2.75) is 18.9 Å². The number of aromatic hydroxyl groups is 1. The maximum atomic E-state index is 13.7. The molecule has 2 N–H and O–H groups in total. The van der Waals surface area contributed by atoms with Gasteiger partial charge in [-0.15, -0.1) is 0 Å². The first-order valence-corrected chi connectivity index (χ1v) is 9.24. The number of halogens is 1. The van der Waals surface area contributed by atoms with E-state index >= 15 is 0 Å². The van der Waals surface area contributed by atoms with Gasteiger partial charge in [-0.3, -0.25) is 9.69 Å². The zero-order valence-corrected chi connectivity index (χ0v) is 15.2. The van der Waals surface area contributed by atoms with Crippen LogP contribution >= 0.6 is 0 Å². The van der Waals surface area contributed by atoms with Crippen LogP contribution in [-0.4, -0.2) is 48.8 Å². The molecule has 1 heterocycles. The number of carbonyl (C=O) groups is 1. The van der Waals surface area contributed by atoms with Gasteiger partial charge in [-0.2, -0.15) is 0 Å². The number of amides is 1. The average molecular weight is 372 g/mol. The number of hydrogen-bond acceptors (Lipinski definition) is 4. The summed E-state index contributed by atoms with van der Waals surface area (Å²) in [7, 11) is 0. The lowest BCUT2D eigenvalue weighted by molar-refractivity contribution is -0.121. The lowest BCUT2D eigenvalue weighted by Gasteiger charge is -2.35. The molecule has 144 valence electrons. The van der Waals surface area contributed by atoms with E-state index in [2.05, 4.69) is 10.2 Å². The van der Waals surface area contributed by atoms with Gasteiger partial charge in [0.25, 0.3) is 0 Å². The Hall–Kier alpha value is -2.44. The van der Waals surface area contributed by atoms with Gasteiger partial charge in [-0.05, 0) is 35.7 Å². The predicted octanol–water partition coefficient (Wildman–Crippen LogP) is 2.65. The number of carbonyl (C=O) groups excluding carboxylic acids is 1. The van der Waals surface area contributed by atoms with E-state index in [0.29, 0.717) is 26.2 Å². The monoisotopic (exact) mass is 372 g/mol. The van der Waals surface area contributed by atoms with E-state index in [-0.39, 0.29) is 29.9 Å². The Bertz CT molecular complexity index is 763. The number of rotatable bonds is 7. The summed E-state index contributed by atoms with van der Waals surface area (Å²) in [6.07, 6.45) is 0.761. The molecule has 1 aliphatic rings. The van der Waals surface area contributed by atoms with Crippen LogP contribution in [0.1, 0.15) is 23.6 Å². The number of para-hydroxylation sites is 1. The Morgan fingerprint density at radius 1 is 1.19 bits per heavy atom.